The van der Waals surface area contributed by atoms with Crippen molar-refractivity contribution in [1.29, 1.82) is 0 Å². The molecule has 78 valence electrons. The van der Waals surface area contributed by atoms with Crippen LogP contribution in [0.3, 0.4) is 0 Å². The Labute approximate surface area is 78.5 Å². The normalized spacial score (nSPS) is 11.2. The van der Waals surface area contributed by atoms with Crippen molar-refractivity contribution in [3.8, 4) is 11.6 Å². The molecule has 0 aliphatic rings. The van der Waals surface area contributed by atoms with Crippen molar-refractivity contribution in [2.45, 2.75) is 13.3 Å². The Morgan fingerprint density at radius 1 is 1.29 bits per heavy atom. The maximum Gasteiger partial charge on any atom is 0.574 e. The number of rotatable bonds is 2. The van der Waals surface area contributed by atoms with E-state index in [-0.39, 0.29) is 5.75 Å². The number of ether oxygens (including phenoxy) is 2. The second-order valence-electron chi connectivity index (χ2n) is 2.51. The molecule has 0 fully saturated rings. The van der Waals surface area contributed by atoms with Gasteiger partial charge in [-0.25, -0.2) is 4.98 Å². The van der Waals surface area contributed by atoms with Gasteiger partial charge in [-0.15, -0.1) is 13.2 Å². The van der Waals surface area contributed by atoms with Crippen molar-refractivity contribution in [2.75, 3.05) is 7.11 Å². The highest BCUT2D eigenvalue weighted by Gasteiger charge is 2.33. The third-order valence-corrected chi connectivity index (χ3v) is 1.40. The van der Waals surface area contributed by atoms with Crippen molar-refractivity contribution in [3.05, 3.63) is 17.8 Å². The maximum absolute atomic E-state index is 11.9. The van der Waals surface area contributed by atoms with E-state index in [2.05, 4.69) is 14.5 Å². The molecule has 3 nitrogen and oxygen atoms in total. The van der Waals surface area contributed by atoms with Gasteiger partial charge in [0.25, 0.3) is 5.88 Å². The average Bonchev–Trinajstić information content (AvgIpc) is 2.01. The molecule has 0 spiro atoms. The van der Waals surface area contributed by atoms with Gasteiger partial charge in [0, 0.05) is 5.69 Å². The van der Waals surface area contributed by atoms with Crippen molar-refractivity contribution < 1.29 is 22.6 Å². The van der Waals surface area contributed by atoms with Crippen LogP contribution in [-0.2, 0) is 0 Å². The number of methoxy groups -OCH3 is 1. The molecular formula is C8H8F3NO2. The summed E-state index contributed by atoms with van der Waals surface area (Å²) >= 11 is 0. The van der Waals surface area contributed by atoms with Crippen LogP contribution in [0.4, 0.5) is 13.2 Å². The van der Waals surface area contributed by atoms with Gasteiger partial charge in [0.15, 0.2) is 5.75 Å². The molecule has 0 saturated carbocycles. The van der Waals surface area contributed by atoms with E-state index < -0.39 is 12.2 Å². The van der Waals surface area contributed by atoms with E-state index in [0.717, 1.165) is 0 Å². The highest BCUT2D eigenvalue weighted by atomic mass is 19.4. The SMILES string of the molecule is COc1ccc(C)nc1OC(F)(F)F. The lowest BCUT2D eigenvalue weighted by Crippen LogP contribution is -2.18. The predicted octanol–water partition coefficient (Wildman–Crippen LogP) is 2.30. The maximum atomic E-state index is 11.9. The van der Waals surface area contributed by atoms with Gasteiger partial charge in [-0.05, 0) is 19.1 Å². The third-order valence-electron chi connectivity index (χ3n) is 1.40. The molecule has 0 saturated heterocycles. The second-order valence-corrected chi connectivity index (χ2v) is 2.51. The van der Waals surface area contributed by atoms with Gasteiger partial charge in [0.1, 0.15) is 0 Å². The van der Waals surface area contributed by atoms with Crippen LogP contribution in [0.2, 0.25) is 0 Å². The van der Waals surface area contributed by atoms with Gasteiger partial charge in [-0.1, -0.05) is 0 Å². The number of hydrogen-bond acceptors (Lipinski definition) is 3. The molecular weight excluding hydrogens is 199 g/mol. The van der Waals surface area contributed by atoms with Gasteiger partial charge in [0.2, 0.25) is 0 Å². The molecule has 0 amide bonds. The van der Waals surface area contributed by atoms with Crippen LogP contribution >= 0.6 is 0 Å². The minimum Gasteiger partial charge on any atom is -0.491 e. The van der Waals surface area contributed by atoms with E-state index >= 15 is 0 Å². The zero-order valence-corrected chi connectivity index (χ0v) is 7.55. The molecule has 1 rings (SSSR count). The highest BCUT2D eigenvalue weighted by molar-refractivity contribution is 5.34. The number of alkyl halides is 3. The van der Waals surface area contributed by atoms with Crippen molar-refractivity contribution in [1.82, 2.24) is 4.98 Å². The van der Waals surface area contributed by atoms with Crippen LogP contribution in [0.15, 0.2) is 12.1 Å². The fourth-order valence-electron chi connectivity index (χ4n) is 0.858. The van der Waals surface area contributed by atoms with Crippen LogP contribution in [0.5, 0.6) is 11.6 Å². The summed E-state index contributed by atoms with van der Waals surface area (Å²) in [6.07, 6.45) is -4.76. The monoisotopic (exact) mass is 207 g/mol. The van der Waals surface area contributed by atoms with Crippen LogP contribution in [0.1, 0.15) is 5.69 Å². The summed E-state index contributed by atoms with van der Waals surface area (Å²) < 4.78 is 43.9. The van der Waals surface area contributed by atoms with Gasteiger partial charge in [-0.2, -0.15) is 0 Å². The van der Waals surface area contributed by atoms with E-state index in [1.807, 2.05) is 0 Å². The Morgan fingerprint density at radius 2 is 1.93 bits per heavy atom. The van der Waals surface area contributed by atoms with Crippen molar-refractivity contribution >= 4 is 0 Å². The number of aromatic nitrogens is 1. The number of hydrogen-bond donors (Lipinski definition) is 0. The number of aryl methyl sites for hydroxylation is 1. The lowest BCUT2D eigenvalue weighted by Gasteiger charge is -2.11. The first-order chi connectivity index (χ1) is 6.42. The summed E-state index contributed by atoms with van der Waals surface area (Å²) in [4.78, 5) is 3.56. The molecule has 0 radical (unpaired) electrons. The number of halogens is 3. The van der Waals surface area contributed by atoms with Gasteiger partial charge in [-0.3, -0.25) is 0 Å². The first-order valence-electron chi connectivity index (χ1n) is 3.70. The third kappa shape index (κ3) is 2.79. The summed E-state index contributed by atoms with van der Waals surface area (Å²) in [5.41, 5.74) is 0.421. The van der Waals surface area contributed by atoms with Crippen LogP contribution in [-0.4, -0.2) is 18.5 Å². The standard InChI is InChI=1S/C8H8F3NO2/c1-5-3-4-6(13-2)7(12-5)14-8(9,10)11/h3-4H,1-2H3. The zero-order valence-electron chi connectivity index (χ0n) is 7.55. The molecule has 6 heteroatoms. The molecule has 1 aromatic heterocycles. The Kier molecular flexibility index (Phi) is 2.83. The summed E-state index contributed by atoms with van der Waals surface area (Å²) in [6.45, 7) is 1.56. The van der Waals surface area contributed by atoms with E-state index in [0.29, 0.717) is 5.69 Å². The minimum atomic E-state index is -4.76. The predicted molar refractivity (Wildman–Crippen MR) is 42.2 cm³/mol. The summed E-state index contributed by atoms with van der Waals surface area (Å²) in [7, 11) is 1.25. The summed E-state index contributed by atoms with van der Waals surface area (Å²) in [5, 5.41) is 0. The fraction of sp³-hybridized carbons (Fsp3) is 0.375. The molecule has 0 atom stereocenters. The van der Waals surface area contributed by atoms with E-state index in [4.69, 9.17) is 0 Å². The molecule has 14 heavy (non-hydrogen) atoms. The molecule has 0 aliphatic carbocycles. The topological polar surface area (TPSA) is 31.4 Å². The Hall–Kier alpha value is -1.46. The molecule has 0 bridgehead atoms. The smallest absolute Gasteiger partial charge is 0.491 e. The molecule has 0 unspecified atom stereocenters. The van der Waals surface area contributed by atoms with Crippen LogP contribution in [0, 0.1) is 6.92 Å². The average molecular weight is 207 g/mol. The van der Waals surface area contributed by atoms with Gasteiger partial charge >= 0.3 is 6.36 Å². The minimum absolute atomic E-state index is 0.0482. The lowest BCUT2D eigenvalue weighted by atomic mass is 10.3. The Morgan fingerprint density at radius 3 is 2.43 bits per heavy atom. The van der Waals surface area contributed by atoms with Gasteiger partial charge < -0.3 is 9.47 Å². The van der Waals surface area contributed by atoms with E-state index in [1.165, 1.54) is 19.2 Å². The van der Waals surface area contributed by atoms with Crippen LogP contribution < -0.4 is 9.47 Å². The van der Waals surface area contributed by atoms with E-state index in [9.17, 15) is 13.2 Å². The zero-order chi connectivity index (χ0) is 10.8. The van der Waals surface area contributed by atoms with E-state index in [1.54, 1.807) is 6.92 Å². The first-order valence-corrected chi connectivity index (χ1v) is 3.70. The number of nitrogens with zero attached hydrogens (tertiary/aromatic N) is 1. The lowest BCUT2D eigenvalue weighted by molar-refractivity contribution is -0.276. The first kappa shape index (κ1) is 10.6. The largest absolute Gasteiger partial charge is 0.574 e. The number of pyridine rings is 1. The fourth-order valence-corrected chi connectivity index (χ4v) is 0.858. The molecule has 1 aromatic rings. The quantitative estimate of drug-likeness (QED) is 0.745. The molecule has 0 N–H and O–H groups in total. The van der Waals surface area contributed by atoms with Crippen LogP contribution in [0.25, 0.3) is 0 Å². The molecule has 0 aliphatic heterocycles. The molecule has 0 aromatic carbocycles. The Bertz CT molecular complexity index is 325. The van der Waals surface area contributed by atoms with Crippen molar-refractivity contribution in [3.63, 3.8) is 0 Å². The Balaban J connectivity index is 2.99. The second kappa shape index (κ2) is 3.73. The summed E-state index contributed by atoms with van der Waals surface area (Å²) in [6, 6.07) is 2.89. The van der Waals surface area contributed by atoms with Gasteiger partial charge in [0.05, 0.1) is 7.11 Å². The van der Waals surface area contributed by atoms with Crippen molar-refractivity contribution in [2.24, 2.45) is 0 Å². The molecule has 1 heterocycles. The highest BCUT2D eigenvalue weighted by Crippen LogP contribution is 2.29. The summed E-state index contributed by atoms with van der Waals surface area (Å²) in [5.74, 6) is -0.618.